The van der Waals surface area contributed by atoms with Crippen molar-refractivity contribution in [2.24, 2.45) is 0 Å². The van der Waals surface area contributed by atoms with Gasteiger partial charge in [-0.15, -0.1) is 0 Å². The van der Waals surface area contributed by atoms with Crippen LogP contribution in [0.3, 0.4) is 0 Å². The fourth-order valence-corrected chi connectivity index (χ4v) is 9.28. The quantitative estimate of drug-likeness (QED) is 0.143. The van der Waals surface area contributed by atoms with Crippen molar-refractivity contribution in [2.75, 3.05) is 9.80 Å². The lowest BCUT2D eigenvalue weighted by Crippen LogP contribution is -2.12. The van der Waals surface area contributed by atoms with Gasteiger partial charge < -0.3 is 9.80 Å². The van der Waals surface area contributed by atoms with Gasteiger partial charge >= 0.3 is 0 Å². The summed E-state index contributed by atoms with van der Waals surface area (Å²) in [5.74, 6) is 0. The van der Waals surface area contributed by atoms with E-state index < -0.39 is 0 Å². The van der Waals surface area contributed by atoms with E-state index in [0.29, 0.717) is 0 Å². The molecule has 0 amide bonds. The third kappa shape index (κ3) is 6.31. The lowest BCUT2D eigenvalue weighted by Gasteiger charge is -2.30. The van der Waals surface area contributed by atoms with Crippen LogP contribution < -0.4 is 9.80 Å². The molecule has 0 heterocycles. The number of rotatable bonds is 8. The molecule has 59 heavy (non-hydrogen) atoms. The standard InChI is InChI=1S/C57H42N2/c1-5-16-40(17-6-1)42-28-32-48(33-29-42)58(46-22-9-3-10-23-46)56-39-54-52-36-44-20-15-21-45(44)37-55(52)57(38-53(54)50-26-13-14-27-51(50)56)59(47-24-11-4-12-25-47)49-34-30-43(31-35-49)41-18-7-2-8-19-41/h1-14,16-19,22-39H,15,20-21H2. The molecule has 2 nitrogen and oxygen atoms in total. The molecule has 0 saturated heterocycles. The number of nitrogens with zero attached hydrogens (tertiary/aromatic N) is 2. The monoisotopic (exact) mass is 754 g/mol. The van der Waals surface area contributed by atoms with Crippen molar-refractivity contribution in [3.05, 3.63) is 230 Å². The molecule has 0 fully saturated rings. The second kappa shape index (κ2) is 14.8. The average Bonchev–Trinajstić information content (AvgIpc) is 3.78. The van der Waals surface area contributed by atoms with Gasteiger partial charge in [-0.25, -0.2) is 0 Å². The van der Waals surface area contributed by atoms with Gasteiger partial charge in [0.1, 0.15) is 0 Å². The third-order valence-corrected chi connectivity index (χ3v) is 12.1. The van der Waals surface area contributed by atoms with Crippen LogP contribution >= 0.6 is 0 Å². The first-order valence-electron chi connectivity index (χ1n) is 20.7. The number of hydrogen-bond acceptors (Lipinski definition) is 2. The number of para-hydroxylation sites is 2. The molecule has 0 saturated carbocycles. The van der Waals surface area contributed by atoms with E-state index in [2.05, 4.69) is 228 Å². The minimum Gasteiger partial charge on any atom is -0.310 e. The number of aryl methyl sites for hydroxylation is 2. The van der Waals surface area contributed by atoms with Gasteiger partial charge in [0.05, 0.1) is 11.4 Å². The topological polar surface area (TPSA) is 6.48 Å². The van der Waals surface area contributed by atoms with Crippen molar-refractivity contribution in [3.63, 3.8) is 0 Å². The molecule has 0 N–H and O–H groups in total. The van der Waals surface area contributed by atoms with Crippen LogP contribution in [0.1, 0.15) is 17.5 Å². The van der Waals surface area contributed by atoms with E-state index in [0.717, 1.165) is 41.3 Å². The molecule has 2 heteroatoms. The molecule has 1 aliphatic rings. The van der Waals surface area contributed by atoms with E-state index in [9.17, 15) is 0 Å². The molecule has 280 valence electrons. The summed E-state index contributed by atoms with van der Waals surface area (Å²) in [4.78, 5) is 4.90. The summed E-state index contributed by atoms with van der Waals surface area (Å²) >= 11 is 0. The molecule has 0 unspecified atom stereocenters. The van der Waals surface area contributed by atoms with E-state index in [1.807, 2.05) is 0 Å². The summed E-state index contributed by atoms with van der Waals surface area (Å²) in [7, 11) is 0. The number of fused-ring (bicyclic) bond motifs is 6. The van der Waals surface area contributed by atoms with Crippen molar-refractivity contribution < 1.29 is 0 Å². The normalized spacial score (nSPS) is 12.2. The Kier molecular flexibility index (Phi) is 8.74. The Bertz CT molecular complexity index is 3090. The highest BCUT2D eigenvalue weighted by Gasteiger charge is 2.24. The van der Waals surface area contributed by atoms with E-state index in [4.69, 9.17) is 0 Å². The second-order valence-electron chi connectivity index (χ2n) is 15.6. The highest BCUT2D eigenvalue weighted by atomic mass is 15.1. The first kappa shape index (κ1) is 34.8. The summed E-state index contributed by atoms with van der Waals surface area (Å²) < 4.78 is 0. The zero-order valence-corrected chi connectivity index (χ0v) is 32.8. The van der Waals surface area contributed by atoms with Gasteiger partial charge in [0.25, 0.3) is 0 Å². The van der Waals surface area contributed by atoms with Gasteiger partial charge in [-0.1, -0.05) is 152 Å². The number of anilines is 6. The molecule has 0 aromatic heterocycles. The van der Waals surface area contributed by atoms with E-state index >= 15 is 0 Å². The fraction of sp³-hybridized carbons (Fsp3) is 0.0526. The molecule has 1 aliphatic carbocycles. The van der Waals surface area contributed by atoms with Crippen molar-refractivity contribution in [2.45, 2.75) is 19.3 Å². The van der Waals surface area contributed by atoms with Crippen LogP contribution in [0.5, 0.6) is 0 Å². The van der Waals surface area contributed by atoms with E-state index in [1.165, 1.54) is 77.8 Å². The number of benzene rings is 10. The van der Waals surface area contributed by atoms with Crippen LogP contribution in [0.4, 0.5) is 34.1 Å². The van der Waals surface area contributed by atoms with Crippen molar-refractivity contribution in [1.29, 1.82) is 0 Å². The summed E-state index contributed by atoms with van der Waals surface area (Å²) in [5.41, 5.74) is 14.7. The van der Waals surface area contributed by atoms with Crippen LogP contribution in [0.2, 0.25) is 0 Å². The average molecular weight is 755 g/mol. The third-order valence-electron chi connectivity index (χ3n) is 12.1. The Morgan fingerprint density at radius 1 is 0.254 bits per heavy atom. The first-order chi connectivity index (χ1) is 29.3. The Labute approximate surface area is 345 Å². The largest absolute Gasteiger partial charge is 0.310 e. The second-order valence-corrected chi connectivity index (χ2v) is 15.6. The Morgan fingerprint density at radius 2 is 0.593 bits per heavy atom. The highest BCUT2D eigenvalue weighted by Crippen LogP contribution is 2.49. The van der Waals surface area contributed by atoms with Gasteiger partial charge in [-0.3, -0.25) is 0 Å². The first-order valence-corrected chi connectivity index (χ1v) is 20.7. The summed E-state index contributed by atoms with van der Waals surface area (Å²) in [6, 6.07) is 80.0. The summed E-state index contributed by atoms with van der Waals surface area (Å²) in [6.45, 7) is 0. The van der Waals surface area contributed by atoms with Crippen molar-refractivity contribution in [1.82, 2.24) is 0 Å². The van der Waals surface area contributed by atoms with Gasteiger partial charge in [0, 0.05) is 33.5 Å². The zero-order valence-electron chi connectivity index (χ0n) is 32.8. The predicted molar refractivity (Wildman–Crippen MR) is 251 cm³/mol. The van der Waals surface area contributed by atoms with Crippen LogP contribution in [-0.4, -0.2) is 0 Å². The van der Waals surface area contributed by atoms with Crippen LogP contribution in [0.25, 0.3) is 54.6 Å². The maximum absolute atomic E-state index is 2.52. The fourth-order valence-electron chi connectivity index (χ4n) is 9.28. The molecule has 0 radical (unpaired) electrons. The van der Waals surface area contributed by atoms with Gasteiger partial charge in [-0.2, -0.15) is 0 Å². The summed E-state index contributed by atoms with van der Waals surface area (Å²) in [5, 5.41) is 7.52. The lowest BCUT2D eigenvalue weighted by atomic mass is 9.91. The van der Waals surface area contributed by atoms with Crippen molar-refractivity contribution in [3.8, 4) is 22.3 Å². The zero-order chi connectivity index (χ0) is 39.1. The molecular weight excluding hydrogens is 713 g/mol. The molecular formula is C57H42N2. The SMILES string of the molecule is c1ccc(-c2ccc(N(c3ccccc3)c3cc4c5cc6c(cc5c(N(c5ccccc5)c5ccc(-c7ccccc7)cc5)cc4c4ccccc34)CCC6)cc2)cc1. The molecule has 0 bridgehead atoms. The molecule has 0 spiro atoms. The maximum Gasteiger partial charge on any atom is 0.0546 e. The summed E-state index contributed by atoms with van der Waals surface area (Å²) in [6.07, 6.45) is 3.42. The van der Waals surface area contributed by atoms with E-state index in [1.54, 1.807) is 0 Å². The maximum atomic E-state index is 2.52. The smallest absolute Gasteiger partial charge is 0.0546 e. The van der Waals surface area contributed by atoms with Gasteiger partial charge in [0.15, 0.2) is 0 Å². The molecule has 0 aliphatic heterocycles. The van der Waals surface area contributed by atoms with E-state index in [-0.39, 0.29) is 0 Å². The van der Waals surface area contributed by atoms with Crippen LogP contribution in [0, 0.1) is 0 Å². The Hall–Kier alpha value is -7.42. The Balaban J connectivity index is 1.17. The molecule has 10 aromatic rings. The minimum absolute atomic E-state index is 1.11. The van der Waals surface area contributed by atoms with Crippen LogP contribution in [-0.2, 0) is 12.8 Å². The molecule has 11 rings (SSSR count). The Morgan fingerprint density at radius 3 is 1.08 bits per heavy atom. The minimum atomic E-state index is 1.11. The van der Waals surface area contributed by atoms with Crippen LogP contribution in [0.15, 0.2) is 218 Å². The molecule has 0 atom stereocenters. The number of hydrogen-bond donors (Lipinski definition) is 0. The predicted octanol–water partition coefficient (Wildman–Crippen LogP) is 15.9. The molecule has 10 aromatic carbocycles. The van der Waals surface area contributed by atoms with Gasteiger partial charge in [-0.05, 0) is 141 Å². The van der Waals surface area contributed by atoms with Gasteiger partial charge in [0.2, 0.25) is 0 Å². The highest BCUT2D eigenvalue weighted by molar-refractivity contribution is 6.25. The lowest BCUT2D eigenvalue weighted by molar-refractivity contribution is 0.912. The van der Waals surface area contributed by atoms with Crippen molar-refractivity contribution >= 4 is 66.4 Å².